The van der Waals surface area contributed by atoms with Gasteiger partial charge in [0.15, 0.2) is 11.5 Å². The lowest BCUT2D eigenvalue weighted by Gasteiger charge is -2.31. The Balaban J connectivity index is 1.55. The molecule has 0 aliphatic carbocycles. The summed E-state index contributed by atoms with van der Waals surface area (Å²) in [7, 11) is 0. The first kappa shape index (κ1) is 19.7. The van der Waals surface area contributed by atoms with Gasteiger partial charge in [0, 0.05) is 19.2 Å². The summed E-state index contributed by atoms with van der Waals surface area (Å²) < 4.78 is 21.3. The van der Waals surface area contributed by atoms with Crippen molar-refractivity contribution >= 4 is 17.5 Å². The topological polar surface area (TPSA) is 126 Å². The van der Waals surface area contributed by atoms with Crippen LogP contribution in [-0.2, 0) is 9.53 Å². The van der Waals surface area contributed by atoms with Gasteiger partial charge in [0.05, 0.1) is 17.4 Å². The van der Waals surface area contributed by atoms with Crippen molar-refractivity contribution in [2.24, 2.45) is 5.92 Å². The molecule has 30 heavy (non-hydrogen) atoms. The molecule has 11 heteroatoms. The van der Waals surface area contributed by atoms with Crippen LogP contribution in [0.25, 0.3) is 0 Å². The molecule has 3 heterocycles. The first-order chi connectivity index (χ1) is 14.6. The van der Waals surface area contributed by atoms with Gasteiger partial charge in [-0.1, -0.05) is 0 Å². The molecule has 11 nitrogen and oxygen atoms in total. The number of benzene rings is 1. The van der Waals surface area contributed by atoms with Crippen LogP contribution in [-0.4, -0.2) is 47.3 Å². The monoisotopic (exact) mass is 416 g/mol. The molecule has 4 rings (SSSR count). The van der Waals surface area contributed by atoms with Crippen molar-refractivity contribution in [1.29, 1.82) is 0 Å². The van der Waals surface area contributed by atoms with Crippen molar-refractivity contribution in [2.75, 3.05) is 31.4 Å². The Bertz CT molecular complexity index is 960. The fourth-order valence-electron chi connectivity index (χ4n) is 3.46. The van der Waals surface area contributed by atoms with Crippen LogP contribution >= 0.6 is 0 Å². The lowest BCUT2D eigenvalue weighted by atomic mass is 9.97. The SMILES string of the molecule is CCOC(=O)C1CCN(c2ncnc(Oc3ccc4c(c3)OCO4)c2[N+](=O)[O-])CC1. The number of carbonyl (C=O) groups is 1. The van der Waals surface area contributed by atoms with Gasteiger partial charge in [-0.15, -0.1) is 0 Å². The van der Waals surface area contributed by atoms with E-state index in [0.29, 0.717) is 49.8 Å². The van der Waals surface area contributed by atoms with Crippen LogP contribution in [0, 0.1) is 16.0 Å². The van der Waals surface area contributed by atoms with Gasteiger partial charge in [0.25, 0.3) is 0 Å². The number of carbonyl (C=O) groups excluding carboxylic acids is 1. The summed E-state index contributed by atoms with van der Waals surface area (Å²) >= 11 is 0. The molecule has 0 amide bonds. The minimum atomic E-state index is -0.560. The molecule has 0 bridgehead atoms. The number of nitrogens with zero attached hydrogens (tertiary/aromatic N) is 4. The summed E-state index contributed by atoms with van der Waals surface area (Å²) in [6, 6.07) is 4.86. The second kappa shape index (κ2) is 8.39. The van der Waals surface area contributed by atoms with Gasteiger partial charge in [-0.3, -0.25) is 14.9 Å². The van der Waals surface area contributed by atoms with E-state index in [1.165, 1.54) is 6.33 Å². The average molecular weight is 416 g/mol. The third-order valence-electron chi connectivity index (χ3n) is 4.92. The Labute approximate surface area is 171 Å². The maximum absolute atomic E-state index is 11.9. The molecule has 0 N–H and O–H groups in total. The highest BCUT2D eigenvalue weighted by atomic mass is 16.7. The van der Waals surface area contributed by atoms with Gasteiger partial charge in [0.2, 0.25) is 12.6 Å². The lowest BCUT2D eigenvalue weighted by Crippen LogP contribution is -2.37. The van der Waals surface area contributed by atoms with Gasteiger partial charge in [-0.25, -0.2) is 4.98 Å². The number of anilines is 1. The van der Waals surface area contributed by atoms with Crippen LogP contribution in [0.5, 0.6) is 23.1 Å². The Hall–Kier alpha value is -3.63. The number of rotatable bonds is 6. The number of esters is 1. The first-order valence-corrected chi connectivity index (χ1v) is 9.55. The summed E-state index contributed by atoms with van der Waals surface area (Å²) in [6.45, 7) is 3.07. The van der Waals surface area contributed by atoms with E-state index in [2.05, 4.69) is 9.97 Å². The van der Waals surface area contributed by atoms with Crippen molar-refractivity contribution in [3.63, 3.8) is 0 Å². The summed E-state index contributed by atoms with van der Waals surface area (Å²) in [4.78, 5) is 33.1. The Kier molecular flexibility index (Phi) is 5.50. The quantitative estimate of drug-likeness (QED) is 0.394. The van der Waals surface area contributed by atoms with Crippen molar-refractivity contribution in [3.05, 3.63) is 34.6 Å². The molecule has 0 spiro atoms. The van der Waals surface area contributed by atoms with Gasteiger partial charge < -0.3 is 23.8 Å². The highest BCUT2D eigenvalue weighted by molar-refractivity contribution is 5.73. The number of aromatic nitrogens is 2. The highest BCUT2D eigenvalue weighted by Crippen LogP contribution is 2.40. The van der Waals surface area contributed by atoms with E-state index in [1.54, 1.807) is 30.0 Å². The van der Waals surface area contributed by atoms with Crippen LogP contribution < -0.4 is 19.1 Å². The van der Waals surface area contributed by atoms with E-state index in [0.717, 1.165) is 0 Å². The Morgan fingerprint density at radius 1 is 1.27 bits per heavy atom. The number of hydrogen-bond donors (Lipinski definition) is 0. The molecule has 158 valence electrons. The molecule has 0 radical (unpaired) electrons. The average Bonchev–Trinajstić information content (AvgIpc) is 3.21. The second-order valence-electron chi connectivity index (χ2n) is 6.74. The van der Waals surface area contributed by atoms with Crippen LogP contribution in [0.3, 0.4) is 0 Å². The standard InChI is InChI=1S/C19H20N4O7/c1-2-27-19(24)12-5-7-22(8-6-12)17-16(23(25)26)18(21-10-20-17)30-13-3-4-14-15(9-13)29-11-28-14/h3-4,9-10,12H,2,5-8,11H2,1H3. The summed E-state index contributed by atoms with van der Waals surface area (Å²) in [6.07, 6.45) is 2.28. The minimum absolute atomic E-state index is 0.109. The van der Waals surface area contributed by atoms with Crippen molar-refractivity contribution in [1.82, 2.24) is 9.97 Å². The van der Waals surface area contributed by atoms with Crippen molar-refractivity contribution in [2.45, 2.75) is 19.8 Å². The summed E-state index contributed by atoms with van der Waals surface area (Å²) in [5.41, 5.74) is -0.329. The molecule has 0 unspecified atom stereocenters. The maximum Gasteiger partial charge on any atom is 0.373 e. The number of nitro groups is 1. The van der Waals surface area contributed by atoms with E-state index >= 15 is 0 Å². The third kappa shape index (κ3) is 3.91. The fraction of sp³-hybridized carbons (Fsp3) is 0.421. The fourth-order valence-corrected chi connectivity index (χ4v) is 3.46. The number of hydrogen-bond acceptors (Lipinski definition) is 10. The summed E-state index contributed by atoms with van der Waals surface area (Å²) in [5.74, 6) is 0.931. The Morgan fingerprint density at radius 2 is 2.03 bits per heavy atom. The molecule has 1 aromatic carbocycles. The normalized spacial score (nSPS) is 15.7. The highest BCUT2D eigenvalue weighted by Gasteiger charge is 2.33. The van der Waals surface area contributed by atoms with Crippen molar-refractivity contribution in [3.8, 4) is 23.1 Å². The van der Waals surface area contributed by atoms with E-state index < -0.39 is 4.92 Å². The number of ether oxygens (including phenoxy) is 4. The first-order valence-electron chi connectivity index (χ1n) is 9.55. The molecule has 1 fully saturated rings. The van der Waals surface area contributed by atoms with Crippen molar-refractivity contribution < 1.29 is 28.7 Å². The molecular formula is C19H20N4O7. The summed E-state index contributed by atoms with van der Waals surface area (Å²) in [5, 5.41) is 11.8. The molecule has 2 aromatic rings. The molecular weight excluding hydrogens is 396 g/mol. The predicted molar refractivity (Wildman–Crippen MR) is 103 cm³/mol. The van der Waals surface area contributed by atoms with E-state index in [4.69, 9.17) is 18.9 Å². The Morgan fingerprint density at radius 3 is 2.77 bits per heavy atom. The lowest BCUT2D eigenvalue weighted by molar-refractivity contribution is -0.385. The smallest absolute Gasteiger partial charge is 0.373 e. The number of piperidine rings is 1. The van der Waals surface area contributed by atoms with Gasteiger partial charge in [-0.2, -0.15) is 4.98 Å². The minimum Gasteiger partial charge on any atom is -0.466 e. The molecule has 2 aliphatic rings. The van der Waals surface area contributed by atoms with E-state index in [1.807, 2.05) is 0 Å². The zero-order chi connectivity index (χ0) is 21.1. The van der Waals surface area contributed by atoms with Crippen LogP contribution in [0.2, 0.25) is 0 Å². The van der Waals surface area contributed by atoms with E-state index in [9.17, 15) is 14.9 Å². The molecule has 2 aliphatic heterocycles. The van der Waals surface area contributed by atoms with E-state index in [-0.39, 0.29) is 36.1 Å². The van der Waals surface area contributed by atoms with Gasteiger partial charge in [0.1, 0.15) is 12.1 Å². The molecule has 1 saturated heterocycles. The zero-order valence-electron chi connectivity index (χ0n) is 16.3. The second-order valence-corrected chi connectivity index (χ2v) is 6.74. The predicted octanol–water partition coefficient (Wildman–Crippen LogP) is 2.69. The van der Waals surface area contributed by atoms with Crippen LogP contribution in [0.15, 0.2) is 24.5 Å². The molecule has 1 aromatic heterocycles. The third-order valence-corrected chi connectivity index (χ3v) is 4.92. The molecule has 0 atom stereocenters. The largest absolute Gasteiger partial charge is 0.466 e. The van der Waals surface area contributed by atoms with Crippen LogP contribution in [0.4, 0.5) is 11.5 Å². The maximum atomic E-state index is 11.9. The molecule has 0 saturated carbocycles. The van der Waals surface area contributed by atoms with Crippen LogP contribution in [0.1, 0.15) is 19.8 Å². The zero-order valence-corrected chi connectivity index (χ0v) is 16.3. The van der Waals surface area contributed by atoms with Gasteiger partial charge >= 0.3 is 17.5 Å². The van der Waals surface area contributed by atoms with Gasteiger partial charge in [-0.05, 0) is 31.9 Å². The number of fused-ring (bicyclic) bond motifs is 1.